The molecule has 3 atom stereocenters. The van der Waals surface area contributed by atoms with E-state index in [1.165, 1.54) is 38.2 Å². The summed E-state index contributed by atoms with van der Waals surface area (Å²) in [4.78, 5) is 36.2. The third kappa shape index (κ3) is 7.13. The number of nitrogens with two attached hydrogens (primary N) is 1. The van der Waals surface area contributed by atoms with E-state index >= 15 is 0 Å². The Labute approximate surface area is 274 Å². The van der Waals surface area contributed by atoms with Crippen LogP contribution in [0.4, 0.5) is 8.78 Å². The van der Waals surface area contributed by atoms with E-state index < -0.39 is 29.5 Å². The summed E-state index contributed by atoms with van der Waals surface area (Å²) in [6, 6.07) is 9.62. The van der Waals surface area contributed by atoms with Gasteiger partial charge in [0.05, 0.1) is 11.5 Å². The van der Waals surface area contributed by atoms with E-state index in [2.05, 4.69) is 10.1 Å². The van der Waals surface area contributed by atoms with Crippen LogP contribution in [0.15, 0.2) is 55.1 Å². The number of amides is 2. The van der Waals surface area contributed by atoms with Gasteiger partial charge in [-0.2, -0.15) is 5.10 Å². The number of halogens is 3. The Morgan fingerprint density at radius 3 is 2.41 bits per heavy atom. The monoisotopic (exact) mass is 652 g/mol. The smallest absolute Gasteiger partial charge is 0.257 e. The van der Waals surface area contributed by atoms with Crippen LogP contribution in [-0.2, 0) is 17.8 Å². The van der Waals surface area contributed by atoms with Gasteiger partial charge in [-0.1, -0.05) is 43.0 Å². The lowest BCUT2D eigenvalue weighted by atomic mass is 9.63. The van der Waals surface area contributed by atoms with Crippen molar-refractivity contribution < 1.29 is 18.4 Å². The molecule has 246 valence electrons. The lowest BCUT2D eigenvalue weighted by molar-refractivity contribution is -0.141. The normalized spacial score (nSPS) is 22.9. The Bertz CT molecular complexity index is 1490. The fraction of sp³-hybridized carbons (Fsp3) is 0.543. The molecule has 2 aromatic carbocycles. The first-order valence-corrected chi connectivity index (χ1v) is 17.0. The number of piperidine rings is 2. The highest BCUT2D eigenvalue weighted by Crippen LogP contribution is 2.47. The number of hydrogen-bond acceptors (Lipinski definition) is 5. The van der Waals surface area contributed by atoms with Gasteiger partial charge in [0.1, 0.15) is 24.3 Å². The van der Waals surface area contributed by atoms with E-state index in [9.17, 15) is 18.4 Å². The number of carbonyl (C=O) groups is 2. The maximum Gasteiger partial charge on any atom is 0.257 e. The number of nitrogens with zero attached hydrogens (tertiary/aromatic N) is 5. The van der Waals surface area contributed by atoms with Crippen LogP contribution in [0.3, 0.4) is 0 Å². The molecule has 1 aliphatic carbocycles. The van der Waals surface area contributed by atoms with Crippen LogP contribution < -0.4 is 5.73 Å². The molecule has 0 radical (unpaired) electrons. The summed E-state index contributed by atoms with van der Waals surface area (Å²) in [6.45, 7) is 2.30. The second-order valence-corrected chi connectivity index (χ2v) is 14.0. The van der Waals surface area contributed by atoms with Gasteiger partial charge in [-0.05, 0) is 86.1 Å². The van der Waals surface area contributed by atoms with Crippen molar-refractivity contribution in [1.82, 2.24) is 24.6 Å². The zero-order valence-electron chi connectivity index (χ0n) is 26.2. The summed E-state index contributed by atoms with van der Waals surface area (Å²) in [5, 5.41) is 5.03. The Morgan fingerprint density at radius 2 is 1.74 bits per heavy atom. The largest absolute Gasteiger partial charge is 0.342 e. The third-order valence-electron chi connectivity index (χ3n) is 10.7. The second kappa shape index (κ2) is 14.2. The Hall–Kier alpha value is -3.37. The van der Waals surface area contributed by atoms with Gasteiger partial charge < -0.3 is 15.5 Å². The number of carbonyl (C=O) groups excluding carboxylic acids is 2. The second-order valence-electron chi connectivity index (χ2n) is 13.5. The van der Waals surface area contributed by atoms with Gasteiger partial charge in [0.2, 0.25) is 5.91 Å². The molecule has 0 spiro atoms. The fourth-order valence-electron chi connectivity index (χ4n) is 8.19. The fourth-order valence-corrected chi connectivity index (χ4v) is 8.32. The van der Waals surface area contributed by atoms with Crippen LogP contribution in [-0.4, -0.2) is 68.1 Å². The Kier molecular flexibility index (Phi) is 10.0. The lowest BCUT2D eigenvalue weighted by Crippen LogP contribution is -2.58. The van der Waals surface area contributed by atoms with Gasteiger partial charge in [-0.25, -0.2) is 13.8 Å². The molecule has 3 aromatic rings. The molecule has 2 aliphatic heterocycles. The molecule has 11 heteroatoms. The van der Waals surface area contributed by atoms with E-state index in [0.29, 0.717) is 43.3 Å². The topological polar surface area (TPSA) is 97.3 Å². The predicted molar refractivity (Wildman–Crippen MR) is 172 cm³/mol. The molecular formula is C35H43ClF2N6O2. The van der Waals surface area contributed by atoms with Crippen molar-refractivity contribution in [2.45, 2.75) is 82.8 Å². The predicted octanol–water partition coefficient (Wildman–Crippen LogP) is 5.89. The SMILES string of the molecule is NC1CCN(C(=O)c2ccc(F)cc2F)C([C@@H](Cc2ccc(Cl)cc2)C(=O)N2CCC(Cn3cncn3)(C3CCCCC3)CC2)C1. The lowest BCUT2D eigenvalue weighted by Gasteiger charge is -2.49. The molecule has 3 heterocycles. The van der Waals surface area contributed by atoms with Crippen molar-refractivity contribution >= 4 is 23.4 Å². The first-order chi connectivity index (χ1) is 22.2. The van der Waals surface area contributed by atoms with Gasteiger partial charge >= 0.3 is 0 Å². The molecule has 8 nitrogen and oxygen atoms in total. The number of likely N-dealkylation sites (tertiary alicyclic amines) is 2. The average molecular weight is 653 g/mol. The molecule has 3 fully saturated rings. The minimum Gasteiger partial charge on any atom is -0.342 e. The molecular weight excluding hydrogens is 610 g/mol. The summed E-state index contributed by atoms with van der Waals surface area (Å²) in [5.74, 6) is -2.27. The summed E-state index contributed by atoms with van der Waals surface area (Å²) in [6.07, 6.45) is 12.5. The molecule has 2 N–H and O–H groups in total. The first kappa shape index (κ1) is 32.6. The first-order valence-electron chi connectivity index (χ1n) is 16.6. The maximum absolute atomic E-state index is 14.8. The van der Waals surface area contributed by atoms with Gasteiger partial charge in [-0.15, -0.1) is 0 Å². The zero-order valence-corrected chi connectivity index (χ0v) is 26.9. The van der Waals surface area contributed by atoms with E-state index in [1.54, 1.807) is 29.7 Å². The van der Waals surface area contributed by atoms with Gasteiger partial charge in [0, 0.05) is 49.4 Å². The highest BCUT2D eigenvalue weighted by molar-refractivity contribution is 6.30. The summed E-state index contributed by atoms with van der Waals surface area (Å²) in [7, 11) is 0. The van der Waals surface area contributed by atoms with Crippen molar-refractivity contribution in [1.29, 1.82) is 0 Å². The Balaban J connectivity index is 1.28. The van der Waals surface area contributed by atoms with Crippen molar-refractivity contribution in [3.05, 3.63) is 82.9 Å². The third-order valence-corrected chi connectivity index (χ3v) is 11.0. The molecule has 1 saturated carbocycles. The summed E-state index contributed by atoms with van der Waals surface area (Å²) >= 11 is 6.18. The van der Waals surface area contributed by atoms with Crippen LogP contribution >= 0.6 is 11.6 Å². The standard InChI is InChI=1S/C35H43ClF2N6O2/c36-26-8-6-24(7-9-26)18-30(32-20-28(39)12-15-44(32)34(46)29-11-10-27(37)19-31(29)38)33(45)42-16-13-35(14-17-42,21-43-23-40-22-41-43)25-4-2-1-3-5-25/h6-11,19,22-23,25,28,30,32H,1-5,12-18,20-21,39H2/t28?,30-,32?/m1/s1. The quantitative estimate of drug-likeness (QED) is 0.327. The van der Waals surface area contributed by atoms with Crippen molar-refractivity contribution in [3.8, 4) is 0 Å². The van der Waals surface area contributed by atoms with Crippen molar-refractivity contribution in [2.75, 3.05) is 19.6 Å². The molecule has 6 rings (SSSR count). The maximum atomic E-state index is 14.8. The van der Waals surface area contributed by atoms with Crippen LogP contribution in [0.5, 0.6) is 0 Å². The van der Waals surface area contributed by atoms with E-state index in [0.717, 1.165) is 37.1 Å². The molecule has 46 heavy (non-hydrogen) atoms. The minimum atomic E-state index is -0.915. The van der Waals surface area contributed by atoms with Gasteiger partial charge in [-0.3, -0.25) is 14.3 Å². The molecule has 2 amide bonds. The molecule has 3 aliphatic rings. The van der Waals surface area contributed by atoms with Crippen molar-refractivity contribution in [2.24, 2.45) is 23.0 Å². The van der Waals surface area contributed by atoms with E-state index in [1.807, 2.05) is 21.7 Å². The molecule has 0 bridgehead atoms. The zero-order chi connectivity index (χ0) is 32.3. The molecule has 2 saturated heterocycles. The van der Waals surface area contributed by atoms with E-state index in [4.69, 9.17) is 17.3 Å². The number of aromatic nitrogens is 3. The van der Waals surface area contributed by atoms with Crippen LogP contribution in [0.2, 0.25) is 5.02 Å². The molecule has 1 aromatic heterocycles. The summed E-state index contributed by atoms with van der Waals surface area (Å²) in [5.41, 5.74) is 7.22. The van der Waals surface area contributed by atoms with Crippen LogP contribution in [0, 0.1) is 28.9 Å². The van der Waals surface area contributed by atoms with Crippen LogP contribution in [0.1, 0.15) is 73.7 Å². The van der Waals surface area contributed by atoms with E-state index in [-0.39, 0.29) is 29.5 Å². The average Bonchev–Trinajstić information content (AvgIpc) is 3.57. The number of hydrogen-bond donors (Lipinski definition) is 1. The van der Waals surface area contributed by atoms with Crippen LogP contribution in [0.25, 0.3) is 0 Å². The van der Waals surface area contributed by atoms with Gasteiger partial charge in [0.25, 0.3) is 5.91 Å². The minimum absolute atomic E-state index is 0.0237. The molecule has 2 unspecified atom stereocenters. The van der Waals surface area contributed by atoms with Crippen molar-refractivity contribution in [3.63, 3.8) is 0 Å². The highest BCUT2D eigenvalue weighted by Gasteiger charge is 2.46. The Morgan fingerprint density at radius 1 is 1.00 bits per heavy atom. The highest BCUT2D eigenvalue weighted by atomic mass is 35.5. The number of rotatable bonds is 8. The van der Waals surface area contributed by atoms with Gasteiger partial charge in [0.15, 0.2) is 0 Å². The number of benzene rings is 2. The summed E-state index contributed by atoms with van der Waals surface area (Å²) < 4.78 is 30.5.